The number of hydrogen-bond acceptors (Lipinski definition) is 3. The highest BCUT2D eigenvalue weighted by molar-refractivity contribution is 5.78. The molecule has 0 saturated heterocycles. The molecule has 0 fully saturated rings. The van der Waals surface area contributed by atoms with Gasteiger partial charge in [0.1, 0.15) is 11.3 Å². The number of anilines is 1. The molecule has 0 aliphatic heterocycles. The van der Waals surface area contributed by atoms with Crippen LogP contribution in [0.5, 0.6) is 0 Å². The first-order valence-electron chi connectivity index (χ1n) is 5.63. The fourth-order valence-corrected chi connectivity index (χ4v) is 1.94. The summed E-state index contributed by atoms with van der Waals surface area (Å²) in [7, 11) is 0. The molecule has 88 valence electrons. The third-order valence-corrected chi connectivity index (χ3v) is 2.81. The average Bonchev–Trinajstić information content (AvgIpc) is 2.39. The van der Waals surface area contributed by atoms with Crippen molar-refractivity contribution in [2.75, 3.05) is 5.73 Å². The Labute approximate surface area is 103 Å². The van der Waals surface area contributed by atoms with E-state index in [9.17, 15) is 4.79 Å². The van der Waals surface area contributed by atoms with Crippen LogP contribution in [0.3, 0.4) is 0 Å². The van der Waals surface area contributed by atoms with Gasteiger partial charge in [-0.25, -0.2) is 0 Å². The van der Waals surface area contributed by atoms with Gasteiger partial charge in [-0.15, -0.1) is 0 Å². The van der Waals surface area contributed by atoms with E-state index >= 15 is 0 Å². The molecule has 1 aromatic heterocycles. The maximum Gasteiger partial charge on any atom is 0.193 e. The van der Waals surface area contributed by atoms with Crippen molar-refractivity contribution in [3.63, 3.8) is 0 Å². The van der Waals surface area contributed by atoms with Gasteiger partial charge in [0, 0.05) is 17.3 Å². The van der Waals surface area contributed by atoms with Crippen LogP contribution in [0, 0.1) is 0 Å². The molecule has 0 aliphatic carbocycles. The van der Waals surface area contributed by atoms with Crippen LogP contribution in [0.4, 0.5) is 5.69 Å². The van der Waals surface area contributed by atoms with Crippen LogP contribution >= 0.6 is 0 Å². The Kier molecular flexibility index (Phi) is 2.38. The lowest BCUT2D eigenvalue weighted by molar-refractivity contribution is 0.619. The fourth-order valence-electron chi connectivity index (χ4n) is 1.94. The summed E-state index contributed by atoms with van der Waals surface area (Å²) in [6.07, 6.45) is 0. The summed E-state index contributed by atoms with van der Waals surface area (Å²) in [5.41, 5.74) is 7.71. The largest absolute Gasteiger partial charge is 0.456 e. The number of hydrogen-bond donors (Lipinski definition) is 1. The van der Waals surface area contributed by atoms with Gasteiger partial charge >= 0.3 is 0 Å². The van der Waals surface area contributed by atoms with Crippen molar-refractivity contribution in [1.29, 1.82) is 0 Å². The molecule has 1 heterocycles. The van der Waals surface area contributed by atoms with Gasteiger partial charge in [-0.2, -0.15) is 0 Å². The van der Waals surface area contributed by atoms with Crippen LogP contribution in [0.15, 0.2) is 63.8 Å². The Morgan fingerprint density at radius 1 is 0.944 bits per heavy atom. The summed E-state index contributed by atoms with van der Waals surface area (Å²) in [5.74, 6) is 0.533. The zero-order chi connectivity index (χ0) is 12.5. The van der Waals surface area contributed by atoms with Gasteiger partial charge in [-0.3, -0.25) is 4.79 Å². The lowest BCUT2D eigenvalue weighted by atomic mass is 10.1. The molecule has 3 nitrogen and oxygen atoms in total. The van der Waals surface area contributed by atoms with Crippen LogP contribution in [0.1, 0.15) is 0 Å². The second-order valence-electron chi connectivity index (χ2n) is 4.10. The van der Waals surface area contributed by atoms with E-state index in [1.165, 1.54) is 6.07 Å². The minimum atomic E-state index is -0.0470. The van der Waals surface area contributed by atoms with Gasteiger partial charge in [-0.1, -0.05) is 24.3 Å². The van der Waals surface area contributed by atoms with E-state index in [1.807, 2.05) is 24.3 Å². The van der Waals surface area contributed by atoms with Crippen LogP contribution in [-0.4, -0.2) is 0 Å². The molecule has 0 spiro atoms. The second kappa shape index (κ2) is 4.04. The zero-order valence-electron chi connectivity index (χ0n) is 9.59. The van der Waals surface area contributed by atoms with Crippen molar-refractivity contribution in [3.05, 3.63) is 64.8 Å². The minimum Gasteiger partial charge on any atom is -0.456 e. The number of para-hydroxylation sites is 1. The highest BCUT2D eigenvalue weighted by atomic mass is 16.3. The lowest BCUT2D eigenvalue weighted by Gasteiger charge is -2.03. The van der Waals surface area contributed by atoms with Crippen molar-refractivity contribution < 1.29 is 4.42 Å². The van der Waals surface area contributed by atoms with Crippen molar-refractivity contribution in [1.82, 2.24) is 0 Å². The number of rotatable bonds is 1. The van der Waals surface area contributed by atoms with Crippen molar-refractivity contribution in [3.8, 4) is 11.3 Å². The molecule has 0 atom stereocenters. The van der Waals surface area contributed by atoms with E-state index < -0.39 is 0 Å². The Morgan fingerprint density at radius 3 is 2.61 bits per heavy atom. The van der Waals surface area contributed by atoms with Crippen molar-refractivity contribution in [2.45, 2.75) is 0 Å². The smallest absolute Gasteiger partial charge is 0.193 e. The molecule has 0 unspecified atom stereocenters. The topological polar surface area (TPSA) is 56.2 Å². The summed E-state index contributed by atoms with van der Waals surface area (Å²) in [5, 5.41) is 0.588. The van der Waals surface area contributed by atoms with Gasteiger partial charge < -0.3 is 10.2 Å². The fraction of sp³-hybridized carbons (Fsp3) is 0. The van der Waals surface area contributed by atoms with E-state index in [0.717, 1.165) is 5.56 Å². The first kappa shape index (κ1) is 10.6. The first-order valence-corrected chi connectivity index (χ1v) is 5.63. The zero-order valence-corrected chi connectivity index (χ0v) is 9.59. The molecular weight excluding hydrogens is 226 g/mol. The predicted octanol–water partition coefficient (Wildman–Crippen LogP) is 3.04. The van der Waals surface area contributed by atoms with Gasteiger partial charge in [0.05, 0.1) is 5.39 Å². The van der Waals surface area contributed by atoms with Gasteiger partial charge in [0.25, 0.3) is 0 Å². The van der Waals surface area contributed by atoms with Crippen LogP contribution < -0.4 is 11.2 Å². The molecule has 0 bridgehead atoms. The molecule has 3 aromatic rings. The molecule has 0 amide bonds. The van der Waals surface area contributed by atoms with Crippen LogP contribution in [-0.2, 0) is 0 Å². The van der Waals surface area contributed by atoms with Gasteiger partial charge in [-0.05, 0) is 24.3 Å². The third kappa shape index (κ3) is 1.76. The van der Waals surface area contributed by atoms with E-state index in [-0.39, 0.29) is 5.43 Å². The molecule has 2 aromatic carbocycles. The first-order chi connectivity index (χ1) is 8.74. The number of nitrogens with two attached hydrogens (primary N) is 1. The molecule has 0 saturated carbocycles. The summed E-state index contributed by atoms with van der Waals surface area (Å²) in [6.45, 7) is 0. The maximum atomic E-state index is 12.0. The Bertz CT molecular complexity index is 775. The van der Waals surface area contributed by atoms with Crippen LogP contribution in [0.2, 0.25) is 0 Å². The average molecular weight is 237 g/mol. The van der Waals surface area contributed by atoms with Crippen molar-refractivity contribution in [2.24, 2.45) is 0 Å². The molecule has 0 radical (unpaired) electrons. The van der Waals surface area contributed by atoms with Gasteiger partial charge in [0.2, 0.25) is 0 Å². The molecule has 0 aliphatic rings. The normalized spacial score (nSPS) is 10.7. The summed E-state index contributed by atoms with van der Waals surface area (Å²) in [6, 6.07) is 16.0. The maximum absolute atomic E-state index is 12.0. The third-order valence-electron chi connectivity index (χ3n) is 2.81. The molecular formula is C15H11NO2. The number of fused-ring (bicyclic) bond motifs is 1. The number of benzene rings is 2. The SMILES string of the molecule is Nc1cccc(-c2cc(=O)c3ccccc3o2)c1. The summed E-state index contributed by atoms with van der Waals surface area (Å²) < 4.78 is 5.73. The number of nitrogen functional groups attached to an aromatic ring is 1. The second-order valence-corrected chi connectivity index (χ2v) is 4.10. The highest BCUT2D eigenvalue weighted by Gasteiger charge is 2.06. The van der Waals surface area contributed by atoms with E-state index in [0.29, 0.717) is 22.4 Å². The molecule has 2 N–H and O–H groups in total. The van der Waals surface area contributed by atoms with Crippen LogP contribution in [0.25, 0.3) is 22.3 Å². The Hall–Kier alpha value is -2.55. The Morgan fingerprint density at radius 2 is 1.78 bits per heavy atom. The predicted molar refractivity (Wildman–Crippen MR) is 72.3 cm³/mol. The van der Waals surface area contributed by atoms with E-state index in [1.54, 1.807) is 24.3 Å². The standard InChI is InChI=1S/C15H11NO2/c16-11-5-3-4-10(8-11)15-9-13(17)12-6-1-2-7-14(12)18-15/h1-9H,16H2. The monoisotopic (exact) mass is 237 g/mol. The van der Waals surface area contributed by atoms with E-state index in [4.69, 9.17) is 10.2 Å². The summed E-state index contributed by atoms with van der Waals surface area (Å²) in [4.78, 5) is 12.0. The van der Waals surface area contributed by atoms with Gasteiger partial charge in [0.15, 0.2) is 5.43 Å². The summed E-state index contributed by atoms with van der Waals surface area (Å²) >= 11 is 0. The van der Waals surface area contributed by atoms with Crippen molar-refractivity contribution >= 4 is 16.7 Å². The molecule has 3 rings (SSSR count). The minimum absolute atomic E-state index is 0.0470. The van der Waals surface area contributed by atoms with E-state index in [2.05, 4.69) is 0 Å². The Balaban J connectivity index is 2.28. The molecule has 18 heavy (non-hydrogen) atoms. The lowest BCUT2D eigenvalue weighted by Crippen LogP contribution is -2.00. The molecule has 3 heteroatoms. The quantitative estimate of drug-likeness (QED) is 0.662. The highest BCUT2D eigenvalue weighted by Crippen LogP contribution is 2.23.